The van der Waals surface area contributed by atoms with Crippen LogP contribution in [0.5, 0.6) is 0 Å². The average Bonchev–Trinajstić information content (AvgIpc) is 2.64. The standard InChI is InChI=1S/C19H22ClN3O2.HI/c1-21-19(22-11-10-14-4-3-5-17(20)12-14)23-13-15-6-8-16(9-7-15)18(24)25-2;/h3-9,12H,10-11,13H2,1-2H3,(H2,21,22,23);1H. The van der Waals surface area contributed by atoms with E-state index in [4.69, 9.17) is 11.6 Å². The molecule has 0 spiro atoms. The summed E-state index contributed by atoms with van der Waals surface area (Å²) in [6, 6.07) is 15.1. The first-order valence-electron chi connectivity index (χ1n) is 7.98. The Morgan fingerprint density at radius 2 is 1.85 bits per heavy atom. The van der Waals surface area contributed by atoms with E-state index in [0.29, 0.717) is 12.1 Å². The molecule has 0 radical (unpaired) electrons. The number of aliphatic imine (C=N–C) groups is 1. The number of rotatable bonds is 6. The molecule has 5 nitrogen and oxygen atoms in total. The van der Waals surface area contributed by atoms with Crippen LogP contribution in [0.25, 0.3) is 0 Å². The lowest BCUT2D eigenvalue weighted by Gasteiger charge is -2.12. The molecule has 0 amide bonds. The summed E-state index contributed by atoms with van der Waals surface area (Å²) in [5.74, 6) is 0.386. The molecule has 0 bridgehead atoms. The minimum absolute atomic E-state index is 0. The van der Waals surface area contributed by atoms with Gasteiger partial charge in [-0.05, 0) is 41.8 Å². The van der Waals surface area contributed by atoms with Crippen molar-refractivity contribution in [1.29, 1.82) is 0 Å². The van der Waals surface area contributed by atoms with Crippen molar-refractivity contribution in [3.63, 3.8) is 0 Å². The van der Waals surface area contributed by atoms with Gasteiger partial charge in [0.05, 0.1) is 12.7 Å². The Morgan fingerprint density at radius 3 is 2.46 bits per heavy atom. The fourth-order valence-corrected chi connectivity index (χ4v) is 2.51. The van der Waals surface area contributed by atoms with Gasteiger partial charge in [-0.1, -0.05) is 35.9 Å². The van der Waals surface area contributed by atoms with E-state index in [1.54, 1.807) is 19.2 Å². The number of hydrogen-bond donors (Lipinski definition) is 2. The fourth-order valence-electron chi connectivity index (χ4n) is 2.30. The minimum Gasteiger partial charge on any atom is -0.465 e. The lowest BCUT2D eigenvalue weighted by Crippen LogP contribution is -2.37. The second-order valence-electron chi connectivity index (χ2n) is 5.42. The monoisotopic (exact) mass is 487 g/mol. The van der Waals surface area contributed by atoms with Gasteiger partial charge in [0.2, 0.25) is 0 Å². The van der Waals surface area contributed by atoms with Gasteiger partial charge in [-0.2, -0.15) is 0 Å². The van der Waals surface area contributed by atoms with E-state index in [2.05, 4.69) is 20.4 Å². The van der Waals surface area contributed by atoms with Gasteiger partial charge in [0.1, 0.15) is 0 Å². The maximum Gasteiger partial charge on any atom is 0.337 e. The fraction of sp³-hybridized carbons (Fsp3) is 0.263. The Labute approximate surface area is 176 Å². The molecule has 7 heteroatoms. The molecule has 2 aromatic carbocycles. The summed E-state index contributed by atoms with van der Waals surface area (Å²) < 4.78 is 4.69. The van der Waals surface area contributed by atoms with E-state index in [-0.39, 0.29) is 29.9 Å². The zero-order valence-corrected chi connectivity index (χ0v) is 17.9. The van der Waals surface area contributed by atoms with Gasteiger partial charge < -0.3 is 15.4 Å². The molecule has 0 atom stereocenters. The summed E-state index contributed by atoms with van der Waals surface area (Å²) in [6.07, 6.45) is 0.856. The molecule has 0 aliphatic carbocycles. The Hall–Kier alpha value is -1.80. The molecule has 0 aromatic heterocycles. The lowest BCUT2D eigenvalue weighted by molar-refractivity contribution is 0.0600. The zero-order valence-electron chi connectivity index (χ0n) is 14.8. The highest BCUT2D eigenvalue weighted by atomic mass is 127. The predicted molar refractivity (Wildman–Crippen MR) is 117 cm³/mol. The quantitative estimate of drug-likeness (QED) is 0.283. The van der Waals surface area contributed by atoms with Crippen LogP contribution in [-0.2, 0) is 17.7 Å². The Morgan fingerprint density at radius 1 is 1.12 bits per heavy atom. The summed E-state index contributed by atoms with van der Waals surface area (Å²) in [4.78, 5) is 15.6. The van der Waals surface area contributed by atoms with Crippen LogP contribution in [-0.4, -0.2) is 32.6 Å². The molecule has 0 heterocycles. The van der Waals surface area contributed by atoms with Gasteiger partial charge in [0, 0.05) is 25.2 Å². The van der Waals surface area contributed by atoms with E-state index >= 15 is 0 Å². The molecule has 0 saturated carbocycles. The summed E-state index contributed by atoms with van der Waals surface area (Å²) in [7, 11) is 3.10. The highest BCUT2D eigenvalue weighted by molar-refractivity contribution is 14.0. The number of methoxy groups -OCH3 is 1. The third-order valence-corrected chi connectivity index (χ3v) is 3.89. The highest BCUT2D eigenvalue weighted by Gasteiger charge is 2.05. The number of carbonyl (C=O) groups is 1. The number of nitrogens with zero attached hydrogens (tertiary/aromatic N) is 1. The van der Waals surface area contributed by atoms with Gasteiger partial charge in [0.15, 0.2) is 5.96 Å². The first kappa shape index (κ1) is 22.2. The summed E-state index contributed by atoms with van der Waals surface area (Å²) in [6.45, 7) is 1.36. The first-order valence-corrected chi connectivity index (χ1v) is 8.36. The number of guanidine groups is 1. The number of carbonyl (C=O) groups excluding carboxylic acids is 1. The Bertz CT molecular complexity index is 736. The summed E-state index contributed by atoms with van der Waals surface area (Å²) >= 11 is 5.99. The van der Waals surface area contributed by atoms with Crippen LogP contribution in [0.15, 0.2) is 53.5 Å². The molecule has 0 aliphatic rings. The van der Waals surface area contributed by atoms with Crippen molar-refractivity contribution >= 4 is 47.5 Å². The molecule has 2 rings (SSSR count). The maximum atomic E-state index is 11.4. The van der Waals surface area contributed by atoms with Crippen molar-refractivity contribution in [2.75, 3.05) is 20.7 Å². The van der Waals surface area contributed by atoms with Crippen LogP contribution >= 0.6 is 35.6 Å². The third kappa shape index (κ3) is 7.21. The maximum absolute atomic E-state index is 11.4. The molecular weight excluding hydrogens is 465 g/mol. The summed E-state index contributed by atoms with van der Waals surface area (Å²) in [5.41, 5.74) is 2.76. The molecule has 0 aliphatic heterocycles. The predicted octanol–water partition coefficient (Wildman–Crippen LogP) is 3.65. The van der Waals surface area contributed by atoms with E-state index < -0.39 is 0 Å². The molecule has 0 saturated heterocycles. The number of ether oxygens (including phenoxy) is 1. The average molecular weight is 488 g/mol. The molecule has 2 aromatic rings. The molecular formula is C19H23ClIN3O2. The van der Waals surface area contributed by atoms with Crippen LogP contribution < -0.4 is 10.6 Å². The van der Waals surface area contributed by atoms with Crippen LogP contribution in [0.3, 0.4) is 0 Å². The van der Waals surface area contributed by atoms with Gasteiger partial charge in [-0.25, -0.2) is 4.79 Å². The molecule has 0 fully saturated rings. The van der Waals surface area contributed by atoms with E-state index in [1.807, 2.05) is 36.4 Å². The molecule has 2 N–H and O–H groups in total. The van der Waals surface area contributed by atoms with Crippen molar-refractivity contribution in [3.8, 4) is 0 Å². The van der Waals surface area contributed by atoms with Crippen molar-refractivity contribution in [2.45, 2.75) is 13.0 Å². The van der Waals surface area contributed by atoms with Gasteiger partial charge in [0.25, 0.3) is 0 Å². The largest absolute Gasteiger partial charge is 0.465 e. The first-order chi connectivity index (χ1) is 12.1. The highest BCUT2D eigenvalue weighted by Crippen LogP contribution is 2.10. The van der Waals surface area contributed by atoms with Crippen LogP contribution in [0.1, 0.15) is 21.5 Å². The van der Waals surface area contributed by atoms with Gasteiger partial charge in [-0.15, -0.1) is 24.0 Å². The van der Waals surface area contributed by atoms with E-state index in [9.17, 15) is 4.79 Å². The van der Waals surface area contributed by atoms with Crippen molar-refractivity contribution in [2.24, 2.45) is 4.99 Å². The normalized spacial score (nSPS) is 10.7. The van der Waals surface area contributed by atoms with Crippen molar-refractivity contribution in [3.05, 3.63) is 70.2 Å². The molecule has 26 heavy (non-hydrogen) atoms. The van der Waals surface area contributed by atoms with Crippen molar-refractivity contribution < 1.29 is 9.53 Å². The number of halogens is 2. The van der Waals surface area contributed by atoms with Crippen LogP contribution in [0.4, 0.5) is 0 Å². The van der Waals surface area contributed by atoms with Crippen LogP contribution in [0, 0.1) is 0 Å². The number of benzene rings is 2. The molecule has 0 unspecified atom stereocenters. The second-order valence-corrected chi connectivity index (χ2v) is 5.86. The third-order valence-electron chi connectivity index (χ3n) is 3.65. The van der Waals surface area contributed by atoms with Gasteiger partial charge >= 0.3 is 5.97 Å². The SMILES string of the molecule is CN=C(NCCc1cccc(Cl)c1)NCc1ccc(C(=O)OC)cc1.I. The second kappa shape index (κ2) is 11.7. The minimum atomic E-state index is -0.335. The van der Waals surface area contributed by atoms with E-state index in [0.717, 1.165) is 29.5 Å². The molecule has 140 valence electrons. The lowest BCUT2D eigenvalue weighted by atomic mass is 10.1. The number of hydrogen-bond acceptors (Lipinski definition) is 3. The van der Waals surface area contributed by atoms with E-state index in [1.165, 1.54) is 12.7 Å². The number of nitrogens with one attached hydrogen (secondary N) is 2. The zero-order chi connectivity index (χ0) is 18.1. The van der Waals surface area contributed by atoms with Crippen molar-refractivity contribution in [1.82, 2.24) is 10.6 Å². The number of esters is 1. The Kier molecular flexibility index (Phi) is 10.0. The smallest absolute Gasteiger partial charge is 0.337 e. The van der Waals surface area contributed by atoms with Gasteiger partial charge in [-0.3, -0.25) is 4.99 Å². The topological polar surface area (TPSA) is 62.7 Å². The summed E-state index contributed by atoms with van der Waals surface area (Å²) in [5, 5.41) is 7.26. The van der Waals surface area contributed by atoms with Crippen LogP contribution in [0.2, 0.25) is 5.02 Å². The Balaban J connectivity index is 0.00000338.